The summed E-state index contributed by atoms with van der Waals surface area (Å²) in [5.74, 6) is 0. The first-order valence-corrected chi connectivity index (χ1v) is 9.71. The van der Waals surface area contributed by atoms with E-state index in [1.165, 1.54) is 28.9 Å². The molecule has 4 N–H and O–H groups in total. The van der Waals surface area contributed by atoms with Gasteiger partial charge in [0.1, 0.15) is 0 Å². The van der Waals surface area contributed by atoms with Crippen LogP contribution in [0.5, 0.6) is 0 Å². The maximum absolute atomic E-state index is 12.6. The van der Waals surface area contributed by atoms with E-state index in [0.717, 1.165) is 6.07 Å². The van der Waals surface area contributed by atoms with Gasteiger partial charge >= 0.3 is 6.18 Å². The number of primary sulfonamides is 1. The van der Waals surface area contributed by atoms with Gasteiger partial charge in [0, 0.05) is 24.5 Å². The summed E-state index contributed by atoms with van der Waals surface area (Å²) in [6.07, 6.45) is -3.95. The van der Waals surface area contributed by atoms with Gasteiger partial charge in [-0.05, 0) is 55.9 Å². The van der Waals surface area contributed by atoms with Crippen LogP contribution >= 0.6 is 12.2 Å². The molecule has 0 spiro atoms. The zero-order valence-electron chi connectivity index (χ0n) is 14.2. The molecule has 1 heterocycles. The van der Waals surface area contributed by atoms with E-state index in [-0.39, 0.29) is 4.90 Å². The minimum Gasteiger partial charge on any atom is -0.362 e. The van der Waals surface area contributed by atoms with Crippen LogP contribution < -0.4 is 15.8 Å². The summed E-state index contributed by atoms with van der Waals surface area (Å²) in [5, 5.41) is 14.6. The van der Waals surface area contributed by atoms with Crippen LogP contribution in [0.25, 0.3) is 0 Å². The molecular formula is C15H18F3N5O2S2. The van der Waals surface area contributed by atoms with Crippen molar-refractivity contribution >= 4 is 33.0 Å². The summed E-state index contributed by atoms with van der Waals surface area (Å²) in [4.78, 5) is -0.0141. The number of halogens is 3. The molecule has 0 aliphatic carbocycles. The first kappa shape index (κ1) is 21.1. The Labute approximate surface area is 159 Å². The van der Waals surface area contributed by atoms with Crippen molar-refractivity contribution in [3.63, 3.8) is 0 Å². The van der Waals surface area contributed by atoms with Crippen molar-refractivity contribution in [3.05, 3.63) is 41.7 Å². The standard InChI is InChI=1S/C15H18F3N5O2S2/c1-10-9-13(15(16,17)18)22-23(10)8-2-7-20-14(26)21-11-3-5-12(6-4-11)27(19,24)25/h3-6,9H,2,7-8H2,1H3,(H2,19,24,25)(H2,20,21,26). The lowest BCUT2D eigenvalue weighted by Crippen LogP contribution is -2.30. The van der Waals surface area contributed by atoms with E-state index in [4.69, 9.17) is 17.4 Å². The topological polar surface area (TPSA) is 102 Å². The Hall–Kier alpha value is -2.18. The van der Waals surface area contributed by atoms with Gasteiger partial charge in [0.05, 0.1) is 4.90 Å². The summed E-state index contributed by atoms with van der Waals surface area (Å²) in [7, 11) is -3.76. The molecule has 0 aliphatic heterocycles. The van der Waals surface area contributed by atoms with Crippen LogP contribution in [0.1, 0.15) is 17.8 Å². The molecule has 7 nitrogen and oxygen atoms in total. The van der Waals surface area contributed by atoms with Gasteiger partial charge in [-0.2, -0.15) is 18.3 Å². The van der Waals surface area contributed by atoms with Crippen LogP contribution in [0.15, 0.2) is 35.2 Å². The van der Waals surface area contributed by atoms with Crippen molar-refractivity contribution in [1.29, 1.82) is 0 Å². The molecule has 1 aromatic carbocycles. The van der Waals surface area contributed by atoms with Gasteiger partial charge < -0.3 is 10.6 Å². The van der Waals surface area contributed by atoms with E-state index in [1.54, 1.807) is 6.92 Å². The van der Waals surface area contributed by atoms with Gasteiger partial charge in [-0.25, -0.2) is 13.6 Å². The van der Waals surface area contributed by atoms with Gasteiger partial charge in [-0.15, -0.1) is 0 Å². The van der Waals surface area contributed by atoms with Gasteiger partial charge in [0.15, 0.2) is 10.8 Å². The van der Waals surface area contributed by atoms with Crippen LogP contribution in [0.4, 0.5) is 18.9 Å². The number of thiocarbonyl (C=S) groups is 1. The summed E-state index contributed by atoms with van der Waals surface area (Å²) in [6.45, 7) is 2.29. The highest BCUT2D eigenvalue weighted by Gasteiger charge is 2.34. The van der Waals surface area contributed by atoms with Gasteiger partial charge in [-0.3, -0.25) is 4.68 Å². The third-order valence-corrected chi connectivity index (χ3v) is 4.72. The van der Waals surface area contributed by atoms with Crippen LogP contribution in [-0.2, 0) is 22.7 Å². The van der Waals surface area contributed by atoms with Crippen LogP contribution in [-0.4, -0.2) is 29.9 Å². The number of nitrogens with two attached hydrogens (primary N) is 1. The minimum absolute atomic E-state index is 0.0141. The predicted octanol–water partition coefficient (Wildman–Crippen LogP) is 2.23. The number of anilines is 1. The molecule has 0 atom stereocenters. The summed E-state index contributed by atoms with van der Waals surface area (Å²) in [5.41, 5.74) is 0.0868. The molecule has 0 aliphatic rings. The largest absolute Gasteiger partial charge is 0.435 e. The number of rotatable bonds is 6. The second-order valence-corrected chi connectivity index (χ2v) is 7.67. The maximum atomic E-state index is 12.6. The second-order valence-electron chi connectivity index (χ2n) is 5.70. The first-order chi connectivity index (χ1) is 12.5. The number of nitrogens with one attached hydrogen (secondary N) is 2. The van der Waals surface area contributed by atoms with Crippen LogP contribution in [0.3, 0.4) is 0 Å². The fourth-order valence-electron chi connectivity index (χ4n) is 2.21. The smallest absolute Gasteiger partial charge is 0.362 e. The third kappa shape index (κ3) is 6.19. The lowest BCUT2D eigenvalue weighted by Gasteiger charge is -2.11. The van der Waals surface area contributed by atoms with Crippen molar-refractivity contribution in [2.45, 2.75) is 31.0 Å². The number of aromatic nitrogens is 2. The Morgan fingerprint density at radius 1 is 1.30 bits per heavy atom. The zero-order valence-corrected chi connectivity index (χ0v) is 15.9. The molecule has 0 unspecified atom stereocenters. The second kappa shape index (κ2) is 8.23. The Morgan fingerprint density at radius 3 is 2.44 bits per heavy atom. The van der Waals surface area contributed by atoms with E-state index in [0.29, 0.717) is 36.0 Å². The Morgan fingerprint density at radius 2 is 1.93 bits per heavy atom. The van der Waals surface area contributed by atoms with Crippen molar-refractivity contribution in [3.8, 4) is 0 Å². The van der Waals surface area contributed by atoms with E-state index in [9.17, 15) is 21.6 Å². The summed E-state index contributed by atoms with van der Waals surface area (Å²) < 4.78 is 61.5. The van der Waals surface area contributed by atoms with E-state index >= 15 is 0 Å². The number of nitrogens with zero attached hydrogens (tertiary/aromatic N) is 2. The number of benzene rings is 1. The van der Waals surface area contributed by atoms with Crippen molar-refractivity contribution < 1.29 is 21.6 Å². The molecule has 0 amide bonds. The van der Waals surface area contributed by atoms with Gasteiger partial charge in [0.25, 0.3) is 0 Å². The van der Waals surface area contributed by atoms with Crippen LogP contribution in [0, 0.1) is 6.92 Å². The highest BCUT2D eigenvalue weighted by Crippen LogP contribution is 2.28. The van der Waals surface area contributed by atoms with Crippen molar-refractivity contribution in [1.82, 2.24) is 15.1 Å². The molecule has 1 aromatic heterocycles. The normalized spacial score (nSPS) is 12.0. The fourth-order valence-corrected chi connectivity index (χ4v) is 2.94. The van der Waals surface area contributed by atoms with Crippen LogP contribution in [0.2, 0.25) is 0 Å². The SMILES string of the molecule is Cc1cc(C(F)(F)F)nn1CCCNC(=S)Nc1ccc(S(N)(=O)=O)cc1. The molecule has 0 saturated heterocycles. The molecule has 12 heteroatoms. The van der Waals surface area contributed by atoms with E-state index in [1.807, 2.05) is 0 Å². The Bertz CT molecular complexity index is 909. The van der Waals surface area contributed by atoms with E-state index < -0.39 is 21.9 Å². The van der Waals surface area contributed by atoms with Crippen molar-refractivity contribution in [2.75, 3.05) is 11.9 Å². The number of aryl methyl sites for hydroxylation is 2. The molecule has 148 valence electrons. The van der Waals surface area contributed by atoms with Gasteiger partial charge in [0.2, 0.25) is 10.0 Å². The third-order valence-electron chi connectivity index (χ3n) is 3.54. The molecule has 2 aromatic rings. The fraction of sp³-hybridized carbons (Fsp3) is 0.333. The lowest BCUT2D eigenvalue weighted by molar-refractivity contribution is -0.141. The Kier molecular flexibility index (Phi) is 6.44. The molecule has 0 bridgehead atoms. The average molecular weight is 421 g/mol. The molecule has 2 rings (SSSR count). The highest BCUT2D eigenvalue weighted by atomic mass is 32.2. The Balaban J connectivity index is 1.79. The molecule has 0 saturated carbocycles. The van der Waals surface area contributed by atoms with Gasteiger partial charge in [-0.1, -0.05) is 0 Å². The number of hydrogen-bond donors (Lipinski definition) is 3. The van der Waals surface area contributed by atoms with Crippen molar-refractivity contribution in [2.24, 2.45) is 5.14 Å². The lowest BCUT2D eigenvalue weighted by atomic mass is 10.3. The van der Waals surface area contributed by atoms with E-state index in [2.05, 4.69) is 15.7 Å². The molecular weight excluding hydrogens is 403 g/mol. The molecule has 27 heavy (non-hydrogen) atoms. The average Bonchev–Trinajstić information content (AvgIpc) is 2.92. The zero-order chi connectivity index (χ0) is 20.2. The number of alkyl halides is 3. The minimum atomic E-state index is -4.46. The number of hydrogen-bond acceptors (Lipinski definition) is 4. The summed E-state index contributed by atoms with van der Waals surface area (Å²) in [6, 6.07) is 6.72. The monoisotopic (exact) mass is 421 g/mol. The summed E-state index contributed by atoms with van der Waals surface area (Å²) >= 11 is 5.11. The maximum Gasteiger partial charge on any atom is 0.435 e. The molecule has 0 radical (unpaired) electrons. The molecule has 0 fully saturated rings. The first-order valence-electron chi connectivity index (χ1n) is 7.76. The number of sulfonamides is 1. The predicted molar refractivity (Wildman–Crippen MR) is 98.6 cm³/mol. The highest BCUT2D eigenvalue weighted by molar-refractivity contribution is 7.89. The quantitative estimate of drug-likeness (QED) is 0.488.